The first kappa shape index (κ1) is 16.1. The number of hydrogen-bond acceptors (Lipinski definition) is 3. The van der Waals surface area contributed by atoms with Crippen LogP contribution >= 0.6 is 24.2 Å². The summed E-state index contributed by atoms with van der Waals surface area (Å²) in [7, 11) is 0. The highest BCUT2D eigenvalue weighted by Crippen LogP contribution is 2.25. The third-order valence-corrected chi connectivity index (χ3v) is 4.69. The first-order valence-corrected chi connectivity index (χ1v) is 8.20. The maximum Gasteiger partial charge on any atom is 0.223 e. The van der Waals surface area contributed by atoms with E-state index in [1.54, 1.807) is 11.8 Å². The molecule has 18 heavy (non-hydrogen) atoms. The Morgan fingerprint density at radius 2 is 2.06 bits per heavy atom. The molecule has 2 heterocycles. The zero-order chi connectivity index (χ0) is 12.1. The van der Waals surface area contributed by atoms with E-state index in [0.717, 1.165) is 30.8 Å². The van der Waals surface area contributed by atoms with E-state index < -0.39 is 0 Å². The largest absolute Gasteiger partial charge is 0.343 e. The standard InChI is InChI=1S/C13H24N2OS.ClH/c1-17-10-6-13(16)15-8-4-11(5-9-15)12-3-2-7-14-12;/h11-12,14H,2-10H2,1H3;1H. The molecule has 0 aliphatic carbocycles. The molecule has 0 aromatic carbocycles. The molecular weight excluding hydrogens is 268 g/mol. The summed E-state index contributed by atoms with van der Waals surface area (Å²) in [4.78, 5) is 14.0. The van der Waals surface area contributed by atoms with Crippen molar-refractivity contribution in [2.45, 2.75) is 38.1 Å². The van der Waals surface area contributed by atoms with Gasteiger partial charge in [-0.1, -0.05) is 0 Å². The van der Waals surface area contributed by atoms with Gasteiger partial charge in [-0.25, -0.2) is 0 Å². The molecule has 0 saturated carbocycles. The van der Waals surface area contributed by atoms with Crippen molar-refractivity contribution in [3.05, 3.63) is 0 Å². The van der Waals surface area contributed by atoms with Crippen molar-refractivity contribution in [3.63, 3.8) is 0 Å². The summed E-state index contributed by atoms with van der Waals surface area (Å²) in [6.07, 6.45) is 7.84. The van der Waals surface area contributed by atoms with E-state index in [-0.39, 0.29) is 12.4 Å². The molecule has 1 unspecified atom stereocenters. The maximum absolute atomic E-state index is 11.9. The Balaban J connectivity index is 0.00000162. The predicted octanol–water partition coefficient (Wildman–Crippen LogP) is 2.15. The Hall–Kier alpha value is 0.0700. The number of rotatable bonds is 4. The van der Waals surface area contributed by atoms with Crippen molar-refractivity contribution in [3.8, 4) is 0 Å². The summed E-state index contributed by atoms with van der Waals surface area (Å²) in [5.74, 6) is 2.13. The number of thioether (sulfide) groups is 1. The van der Waals surface area contributed by atoms with Gasteiger partial charge in [0.2, 0.25) is 5.91 Å². The fraction of sp³-hybridized carbons (Fsp3) is 0.923. The fourth-order valence-electron chi connectivity index (χ4n) is 3.01. The van der Waals surface area contributed by atoms with Crippen LogP contribution in [0.4, 0.5) is 0 Å². The van der Waals surface area contributed by atoms with Crippen molar-refractivity contribution >= 4 is 30.1 Å². The van der Waals surface area contributed by atoms with Gasteiger partial charge in [0.1, 0.15) is 0 Å². The summed E-state index contributed by atoms with van der Waals surface area (Å²) in [5, 5.41) is 3.60. The molecule has 2 rings (SSSR count). The highest BCUT2D eigenvalue weighted by Gasteiger charge is 2.29. The van der Waals surface area contributed by atoms with Gasteiger partial charge in [-0.05, 0) is 44.4 Å². The van der Waals surface area contributed by atoms with E-state index in [4.69, 9.17) is 0 Å². The van der Waals surface area contributed by atoms with Crippen LogP contribution in [0.3, 0.4) is 0 Å². The third-order valence-electron chi connectivity index (χ3n) is 4.08. The number of likely N-dealkylation sites (tertiary alicyclic amines) is 1. The number of carbonyl (C=O) groups is 1. The topological polar surface area (TPSA) is 32.3 Å². The van der Waals surface area contributed by atoms with Crippen molar-refractivity contribution < 1.29 is 4.79 Å². The molecule has 2 aliphatic rings. The molecule has 1 N–H and O–H groups in total. The summed E-state index contributed by atoms with van der Waals surface area (Å²) in [5.41, 5.74) is 0. The minimum absolute atomic E-state index is 0. The smallest absolute Gasteiger partial charge is 0.223 e. The van der Waals surface area contributed by atoms with Crippen LogP contribution in [0.15, 0.2) is 0 Å². The second kappa shape index (κ2) is 8.28. The Kier molecular flexibility index (Phi) is 7.42. The molecule has 2 aliphatic heterocycles. The Morgan fingerprint density at radius 3 is 2.61 bits per heavy atom. The molecule has 0 aromatic rings. The zero-order valence-corrected chi connectivity index (χ0v) is 12.8. The number of halogens is 1. The van der Waals surface area contributed by atoms with E-state index in [1.165, 1.54) is 32.2 Å². The minimum Gasteiger partial charge on any atom is -0.343 e. The van der Waals surface area contributed by atoms with Gasteiger partial charge in [0, 0.05) is 31.3 Å². The second-order valence-corrected chi connectivity index (χ2v) is 6.15. The van der Waals surface area contributed by atoms with Gasteiger partial charge in [0.15, 0.2) is 0 Å². The number of piperidine rings is 1. The van der Waals surface area contributed by atoms with Gasteiger partial charge in [0.05, 0.1) is 0 Å². The van der Waals surface area contributed by atoms with Crippen molar-refractivity contribution in [2.24, 2.45) is 5.92 Å². The highest BCUT2D eigenvalue weighted by atomic mass is 35.5. The number of amides is 1. The molecule has 2 saturated heterocycles. The summed E-state index contributed by atoms with van der Waals surface area (Å²) in [6.45, 7) is 3.16. The van der Waals surface area contributed by atoms with Crippen LogP contribution in [0.2, 0.25) is 0 Å². The quantitative estimate of drug-likeness (QED) is 0.862. The van der Waals surface area contributed by atoms with Gasteiger partial charge in [-0.15, -0.1) is 12.4 Å². The van der Waals surface area contributed by atoms with Gasteiger partial charge in [-0.3, -0.25) is 4.79 Å². The average Bonchev–Trinajstić information content (AvgIpc) is 2.90. The third kappa shape index (κ3) is 4.32. The van der Waals surface area contributed by atoms with Crippen LogP contribution in [0, 0.1) is 5.92 Å². The Bertz CT molecular complexity index is 251. The van der Waals surface area contributed by atoms with Gasteiger partial charge in [0.25, 0.3) is 0 Å². The Morgan fingerprint density at radius 1 is 1.33 bits per heavy atom. The average molecular weight is 293 g/mol. The van der Waals surface area contributed by atoms with Crippen LogP contribution in [0.5, 0.6) is 0 Å². The van der Waals surface area contributed by atoms with E-state index in [0.29, 0.717) is 12.3 Å². The van der Waals surface area contributed by atoms with E-state index in [1.807, 2.05) is 0 Å². The summed E-state index contributed by atoms with van der Waals surface area (Å²) >= 11 is 1.76. The summed E-state index contributed by atoms with van der Waals surface area (Å²) < 4.78 is 0. The molecule has 1 atom stereocenters. The first-order valence-electron chi connectivity index (χ1n) is 6.81. The zero-order valence-electron chi connectivity index (χ0n) is 11.2. The predicted molar refractivity (Wildman–Crippen MR) is 80.6 cm³/mol. The number of hydrogen-bond donors (Lipinski definition) is 1. The normalized spacial score (nSPS) is 24.9. The van der Waals surface area contributed by atoms with Crippen molar-refractivity contribution in [1.29, 1.82) is 0 Å². The van der Waals surface area contributed by atoms with Crippen LogP contribution in [-0.4, -0.2) is 48.5 Å². The number of nitrogens with one attached hydrogen (secondary N) is 1. The van der Waals surface area contributed by atoms with E-state index in [2.05, 4.69) is 16.5 Å². The molecular formula is C13H25ClN2OS. The lowest BCUT2D eigenvalue weighted by Gasteiger charge is -2.35. The number of nitrogens with zero attached hydrogens (tertiary/aromatic N) is 1. The molecule has 106 valence electrons. The van der Waals surface area contributed by atoms with Gasteiger partial charge >= 0.3 is 0 Å². The lowest BCUT2D eigenvalue weighted by Crippen LogP contribution is -2.43. The molecule has 0 aromatic heterocycles. The maximum atomic E-state index is 11.9. The van der Waals surface area contributed by atoms with Crippen LogP contribution in [0.1, 0.15) is 32.1 Å². The van der Waals surface area contributed by atoms with Crippen LogP contribution in [-0.2, 0) is 4.79 Å². The fourth-order valence-corrected chi connectivity index (χ4v) is 3.39. The monoisotopic (exact) mass is 292 g/mol. The molecule has 5 heteroatoms. The van der Waals surface area contributed by atoms with E-state index in [9.17, 15) is 4.79 Å². The molecule has 0 bridgehead atoms. The highest BCUT2D eigenvalue weighted by molar-refractivity contribution is 7.98. The molecule has 2 fully saturated rings. The lowest BCUT2D eigenvalue weighted by atomic mass is 9.88. The molecule has 0 radical (unpaired) electrons. The molecule has 0 spiro atoms. The van der Waals surface area contributed by atoms with Gasteiger partial charge < -0.3 is 10.2 Å². The number of carbonyl (C=O) groups excluding carboxylic acids is 1. The minimum atomic E-state index is 0. The molecule has 1 amide bonds. The Labute approximate surface area is 121 Å². The van der Waals surface area contributed by atoms with Crippen LogP contribution in [0.25, 0.3) is 0 Å². The first-order chi connectivity index (χ1) is 8.31. The van der Waals surface area contributed by atoms with Crippen molar-refractivity contribution in [2.75, 3.05) is 31.6 Å². The lowest BCUT2D eigenvalue weighted by molar-refractivity contribution is -0.132. The van der Waals surface area contributed by atoms with Gasteiger partial charge in [-0.2, -0.15) is 11.8 Å². The van der Waals surface area contributed by atoms with Crippen molar-refractivity contribution in [1.82, 2.24) is 10.2 Å². The molecule has 3 nitrogen and oxygen atoms in total. The second-order valence-electron chi connectivity index (χ2n) is 5.16. The summed E-state index contributed by atoms with van der Waals surface area (Å²) in [6, 6.07) is 0.735. The SMILES string of the molecule is CSCCC(=O)N1CCC(C2CCCN2)CC1.Cl. The van der Waals surface area contributed by atoms with Crippen LogP contribution < -0.4 is 5.32 Å². The van der Waals surface area contributed by atoms with E-state index >= 15 is 0 Å².